The van der Waals surface area contributed by atoms with Gasteiger partial charge >= 0.3 is 0 Å². The molecule has 0 saturated heterocycles. The second kappa shape index (κ2) is 5.36. The van der Waals surface area contributed by atoms with Crippen molar-refractivity contribution in [2.75, 3.05) is 18.5 Å². The van der Waals surface area contributed by atoms with Crippen LogP contribution >= 0.6 is 0 Å². The summed E-state index contributed by atoms with van der Waals surface area (Å²) in [7, 11) is 2.03. The Morgan fingerprint density at radius 1 is 1.21 bits per heavy atom. The lowest BCUT2D eigenvalue weighted by atomic mass is 9.96. The molecule has 0 bridgehead atoms. The molecule has 1 unspecified atom stereocenters. The van der Waals surface area contributed by atoms with Gasteiger partial charge in [-0.1, -0.05) is 18.2 Å². The molecule has 1 aliphatic rings. The molecule has 2 aromatic rings. The number of nitrogens with zero attached hydrogens (tertiary/aromatic N) is 3. The van der Waals surface area contributed by atoms with Crippen molar-refractivity contribution in [3.8, 4) is 0 Å². The predicted octanol–water partition coefficient (Wildman–Crippen LogP) is 2.15. The van der Waals surface area contributed by atoms with Gasteiger partial charge in [0.2, 0.25) is 0 Å². The fraction of sp³-hybridized carbons (Fsp3) is 0.333. The first kappa shape index (κ1) is 12.1. The van der Waals surface area contributed by atoms with Crippen LogP contribution in [0.5, 0.6) is 0 Å². The lowest BCUT2D eigenvalue weighted by Gasteiger charge is -2.35. The minimum absolute atomic E-state index is 0.448. The summed E-state index contributed by atoms with van der Waals surface area (Å²) >= 11 is 0. The summed E-state index contributed by atoms with van der Waals surface area (Å²) in [5.74, 6) is 0.875. The predicted molar refractivity (Wildman–Crippen MR) is 75.9 cm³/mol. The second-order valence-electron chi connectivity index (χ2n) is 4.78. The first-order valence-electron chi connectivity index (χ1n) is 6.65. The Morgan fingerprint density at radius 2 is 2.00 bits per heavy atom. The Kier molecular flexibility index (Phi) is 3.42. The fourth-order valence-corrected chi connectivity index (χ4v) is 2.68. The van der Waals surface area contributed by atoms with E-state index in [9.17, 15) is 0 Å². The van der Waals surface area contributed by atoms with Gasteiger partial charge in [0.05, 0.1) is 6.54 Å². The molecule has 0 saturated carbocycles. The Labute approximate surface area is 113 Å². The van der Waals surface area contributed by atoms with Gasteiger partial charge in [0.15, 0.2) is 0 Å². The molecule has 98 valence electrons. The largest absolute Gasteiger partial charge is 0.364 e. The Morgan fingerprint density at radius 3 is 2.79 bits per heavy atom. The van der Waals surface area contributed by atoms with Crippen molar-refractivity contribution >= 4 is 5.69 Å². The molecule has 1 atom stereocenters. The number of hydrogen-bond acceptors (Lipinski definition) is 4. The molecule has 0 aliphatic carbocycles. The summed E-state index contributed by atoms with van der Waals surface area (Å²) in [4.78, 5) is 11.0. The molecule has 1 aromatic heterocycles. The quantitative estimate of drug-likeness (QED) is 0.911. The highest BCUT2D eigenvalue weighted by Gasteiger charge is 2.23. The van der Waals surface area contributed by atoms with Crippen LogP contribution in [0.25, 0.3) is 0 Å². The highest BCUT2D eigenvalue weighted by Crippen LogP contribution is 2.33. The number of anilines is 1. The lowest BCUT2D eigenvalue weighted by Crippen LogP contribution is -2.34. The van der Waals surface area contributed by atoms with Crippen molar-refractivity contribution < 1.29 is 0 Å². The van der Waals surface area contributed by atoms with Crippen molar-refractivity contribution in [3.05, 3.63) is 54.1 Å². The first-order valence-corrected chi connectivity index (χ1v) is 6.65. The molecule has 3 rings (SSSR count). The molecule has 4 heteroatoms. The van der Waals surface area contributed by atoms with Crippen LogP contribution in [0, 0.1) is 0 Å². The zero-order chi connectivity index (χ0) is 13.1. The van der Waals surface area contributed by atoms with Gasteiger partial charge in [-0.3, -0.25) is 0 Å². The Hall–Kier alpha value is -1.94. The molecular weight excluding hydrogens is 236 g/mol. The molecule has 2 heterocycles. The van der Waals surface area contributed by atoms with E-state index in [1.165, 1.54) is 11.3 Å². The van der Waals surface area contributed by atoms with Crippen LogP contribution in [0.1, 0.15) is 23.9 Å². The standard InChI is InChI=1S/C15H18N4/c1-16-13-7-10-19(11-15-17-8-4-9-18-15)14-6-3-2-5-12(13)14/h2-6,8-9,13,16H,7,10-11H2,1H3. The van der Waals surface area contributed by atoms with Gasteiger partial charge in [-0.05, 0) is 31.2 Å². The van der Waals surface area contributed by atoms with Crippen molar-refractivity contribution in [1.29, 1.82) is 0 Å². The molecule has 0 fully saturated rings. The van der Waals surface area contributed by atoms with Gasteiger partial charge in [-0.25, -0.2) is 9.97 Å². The summed E-state index contributed by atoms with van der Waals surface area (Å²) in [5, 5.41) is 3.39. The lowest BCUT2D eigenvalue weighted by molar-refractivity contribution is 0.513. The zero-order valence-electron chi connectivity index (χ0n) is 11.1. The highest BCUT2D eigenvalue weighted by molar-refractivity contribution is 5.56. The first-order chi connectivity index (χ1) is 9.38. The van der Waals surface area contributed by atoms with E-state index in [1.807, 2.05) is 13.1 Å². The third kappa shape index (κ3) is 2.44. The second-order valence-corrected chi connectivity index (χ2v) is 4.78. The summed E-state index contributed by atoms with van der Waals surface area (Å²) < 4.78 is 0. The maximum atomic E-state index is 4.32. The SMILES string of the molecule is CNC1CCN(Cc2ncccn2)c2ccccc21. The number of hydrogen-bond donors (Lipinski definition) is 1. The zero-order valence-corrected chi connectivity index (χ0v) is 11.1. The van der Waals surface area contributed by atoms with E-state index in [4.69, 9.17) is 0 Å². The Balaban J connectivity index is 1.88. The van der Waals surface area contributed by atoms with Crippen molar-refractivity contribution in [2.24, 2.45) is 0 Å². The molecule has 4 nitrogen and oxygen atoms in total. The third-order valence-electron chi connectivity index (χ3n) is 3.64. The fourth-order valence-electron chi connectivity index (χ4n) is 2.68. The minimum atomic E-state index is 0.448. The van der Waals surface area contributed by atoms with Gasteiger partial charge in [0.1, 0.15) is 5.82 Å². The molecule has 0 amide bonds. The van der Waals surface area contributed by atoms with E-state index in [1.54, 1.807) is 12.4 Å². The van der Waals surface area contributed by atoms with Crippen LogP contribution < -0.4 is 10.2 Å². The maximum Gasteiger partial charge on any atom is 0.147 e. The normalized spacial score (nSPS) is 18.2. The minimum Gasteiger partial charge on any atom is -0.364 e. The topological polar surface area (TPSA) is 41.0 Å². The van der Waals surface area contributed by atoms with E-state index >= 15 is 0 Å². The monoisotopic (exact) mass is 254 g/mol. The van der Waals surface area contributed by atoms with Gasteiger partial charge in [-0.2, -0.15) is 0 Å². The molecule has 0 radical (unpaired) electrons. The van der Waals surface area contributed by atoms with Gasteiger partial charge < -0.3 is 10.2 Å². The number of para-hydroxylation sites is 1. The average Bonchev–Trinajstić information content (AvgIpc) is 2.49. The van der Waals surface area contributed by atoms with E-state index < -0.39 is 0 Å². The van der Waals surface area contributed by atoms with Crippen LogP contribution in [-0.4, -0.2) is 23.6 Å². The van der Waals surface area contributed by atoms with Crippen LogP contribution in [-0.2, 0) is 6.54 Å². The number of aromatic nitrogens is 2. The Bertz CT molecular complexity index is 541. The van der Waals surface area contributed by atoms with Crippen molar-refractivity contribution in [2.45, 2.75) is 19.0 Å². The number of nitrogens with one attached hydrogen (secondary N) is 1. The number of rotatable bonds is 3. The molecule has 1 aromatic carbocycles. The van der Waals surface area contributed by atoms with Crippen molar-refractivity contribution in [3.63, 3.8) is 0 Å². The molecular formula is C15H18N4. The van der Waals surface area contributed by atoms with Gasteiger partial charge in [0, 0.05) is 30.7 Å². The summed E-state index contributed by atoms with van der Waals surface area (Å²) in [6.07, 6.45) is 4.71. The summed E-state index contributed by atoms with van der Waals surface area (Å²) in [6, 6.07) is 10.9. The average molecular weight is 254 g/mol. The van der Waals surface area contributed by atoms with E-state index in [0.29, 0.717) is 6.04 Å². The summed E-state index contributed by atoms with van der Waals surface area (Å²) in [6.45, 7) is 1.80. The molecule has 1 N–H and O–H groups in total. The maximum absolute atomic E-state index is 4.32. The third-order valence-corrected chi connectivity index (χ3v) is 3.64. The van der Waals surface area contributed by atoms with E-state index in [-0.39, 0.29) is 0 Å². The van der Waals surface area contributed by atoms with Crippen LogP contribution in [0.3, 0.4) is 0 Å². The number of fused-ring (bicyclic) bond motifs is 1. The number of benzene rings is 1. The van der Waals surface area contributed by atoms with Gasteiger partial charge in [0.25, 0.3) is 0 Å². The highest BCUT2D eigenvalue weighted by atomic mass is 15.2. The van der Waals surface area contributed by atoms with Crippen molar-refractivity contribution in [1.82, 2.24) is 15.3 Å². The van der Waals surface area contributed by atoms with Gasteiger partial charge in [-0.15, -0.1) is 0 Å². The molecule has 0 spiro atoms. The van der Waals surface area contributed by atoms with Crippen LogP contribution in [0.4, 0.5) is 5.69 Å². The molecule has 19 heavy (non-hydrogen) atoms. The van der Waals surface area contributed by atoms with E-state index in [0.717, 1.165) is 25.3 Å². The summed E-state index contributed by atoms with van der Waals surface area (Å²) in [5.41, 5.74) is 2.66. The van der Waals surface area contributed by atoms with Crippen LogP contribution in [0.15, 0.2) is 42.7 Å². The molecule has 1 aliphatic heterocycles. The van der Waals surface area contributed by atoms with E-state index in [2.05, 4.69) is 44.5 Å². The smallest absolute Gasteiger partial charge is 0.147 e. The van der Waals surface area contributed by atoms with Crippen LogP contribution in [0.2, 0.25) is 0 Å².